The fraction of sp³-hybridized carbons (Fsp3) is 1.00. The van der Waals surface area contributed by atoms with Crippen molar-refractivity contribution < 1.29 is 0 Å². The van der Waals surface area contributed by atoms with Crippen LogP contribution in [0.2, 0.25) is 0 Å². The Bertz CT molecular complexity index is 202. The molecule has 0 aliphatic carbocycles. The van der Waals surface area contributed by atoms with Gasteiger partial charge in [0.1, 0.15) is 0 Å². The molecule has 0 spiro atoms. The Morgan fingerprint density at radius 1 is 0.789 bits per heavy atom. The molecule has 0 amide bonds. The van der Waals surface area contributed by atoms with Gasteiger partial charge in [-0.25, -0.2) is 0 Å². The van der Waals surface area contributed by atoms with Crippen molar-refractivity contribution in [3.05, 3.63) is 0 Å². The molecule has 0 aromatic carbocycles. The summed E-state index contributed by atoms with van der Waals surface area (Å²) >= 11 is 0. The summed E-state index contributed by atoms with van der Waals surface area (Å²) in [5, 5.41) is 10.3. The highest BCUT2D eigenvalue weighted by Gasteiger charge is 2.15. The number of piperazine rings is 1. The fourth-order valence-electron chi connectivity index (χ4n) is 2.76. The van der Waals surface area contributed by atoms with Crippen LogP contribution in [-0.4, -0.2) is 38.8 Å². The zero-order valence-electron chi connectivity index (χ0n) is 13.5. The van der Waals surface area contributed by atoms with E-state index < -0.39 is 0 Å². The van der Waals surface area contributed by atoms with Gasteiger partial charge in [-0.2, -0.15) is 0 Å². The maximum atomic E-state index is 3.48. The van der Waals surface area contributed by atoms with E-state index in [0.717, 1.165) is 37.4 Å². The maximum absolute atomic E-state index is 3.48. The van der Waals surface area contributed by atoms with E-state index in [1.165, 1.54) is 32.4 Å². The van der Waals surface area contributed by atoms with Gasteiger partial charge in [-0.15, -0.1) is 0 Å². The second kappa shape index (κ2) is 9.73. The predicted octanol–water partition coefficient (Wildman–Crippen LogP) is 2.24. The molecular weight excluding hydrogens is 234 g/mol. The van der Waals surface area contributed by atoms with Crippen LogP contribution in [0.5, 0.6) is 0 Å². The Morgan fingerprint density at radius 3 is 2.05 bits per heavy atom. The molecule has 0 aromatic rings. The molecule has 3 N–H and O–H groups in total. The molecule has 114 valence electrons. The van der Waals surface area contributed by atoms with Gasteiger partial charge in [0.25, 0.3) is 0 Å². The Morgan fingerprint density at radius 2 is 1.53 bits per heavy atom. The number of hydrogen-bond acceptors (Lipinski definition) is 3. The Balaban J connectivity index is 0.000000191. The van der Waals surface area contributed by atoms with E-state index in [0.29, 0.717) is 6.04 Å². The van der Waals surface area contributed by atoms with E-state index >= 15 is 0 Å². The van der Waals surface area contributed by atoms with Crippen LogP contribution in [0, 0.1) is 17.8 Å². The van der Waals surface area contributed by atoms with E-state index in [-0.39, 0.29) is 0 Å². The first kappa shape index (κ1) is 16.9. The smallest absolute Gasteiger partial charge is 0.0215 e. The summed E-state index contributed by atoms with van der Waals surface area (Å²) in [6, 6.07) is 0.693. The summed E-state index contributed by atoms with van der Waals surface area (Å²) in [7, 11) is 0. The molecule has 2 saturated heterocycles. The third kappa shape index (κ3) is 7.28. The van der Waals surface area contributed by atoms with Crippen LogP contribution in [0.15, 0.2) is 0 Å². The third-order valence-electron chi connectivity index (χ3n) is 4.41. The summed E-state index contributed by atoms with van der Waals surface area (Å²) in [5.41, 5.74) is 0. The molecule has 0 radical (unpaired) electrons. The Labute approximate surface area is 120 Å². The molecule has 2 unspecified atom stereocenters. The first-order valence-corrected chi connectivity index (χ1v) is 8.26. The number of nitrogens with one attached hydrogen (secondary N) is 3. The molecule has 0 bridgehead atoms. The van der Waals surface area contributed by atoms with E-state index in [1.807, 2.05) is 0 Å². The molecule has 2 heterocycles. The molecule has 2 atom stereocenters. The highest BCUT2D eigenvalue weighted by atomic mass is 15.1. The molecular formula is C16H35N3. The van der Waals surface area contributed by atoms with Gasteiger partial charge in [0.05, 0.1) is 0 Å². The second-order valence-corrected chi connectivity index (χ2v) is 6.71. The second-order valence-electron chi connectivity index (χ2n) is 6.71. The summed E-state index contributed by atoms with van der Waals surface area (Å²) in [6.07, 6.45) is 4.24. The van der Waals surface area contributed by atoms with Crippen LogP contribution in [0.4, 0.5) is 0 Å². The van der Waals surface area contributed by atoms with Crippen LogP contribution < -0.4 is 16.0 Å². The van der Waals surface area contributed by atoms with Crippen molar-refractivity contribution in [2.24, 2.45) is 17.8 Å². The van der Waals surface area contributed by atoms with Crippen molar-refractivity contribution in [1.82, 2.24) is 16.0 Å². The van der Waals surface area contributed by atoms with Gasteiger partial charge in [-0.3, -0.25) is 0 Å². The van der Waals surface area contributed by atoms with Crippen LogP contribution in [0.1, 0.15) is 47.0 Å². The normalized spacial score (nSPS) is 28.7. The molecule has 19 heavy (non-hydrogen) atoms. The van der Waals surface area contributed by atoms with Crippen LogP contribution in [0.3, 0.4) is 0 Å². The van der Waals surface area contributed by atoms with Gasteiger partial charge >= 0.3 is 0 Å². The minimum absolute atomic E-state index is 0.693. The maximum Gasteiger partial charge on any atom is 0.0215 e. The molecule has 2 aliphatic rings. The first-order chi connectivity index (χ1) is 9.11. The highest BCUT2D eigenvalue weighted by molar-refractivity contribution is 4.77. The van der Waals surface area contributed by atoms with Gasteiger partial charge in [0.2, 0.25) is 0 Å². The lowest BCUT2D eigenvalue weighted by molar-refractivity contribution is 0.342. The van der Waals surface area contributed by atoms with Gasteiger partial charge in [0.15, 0.2) is 0 Å². The van der Waals surface area contributed by atoms with E-state index in [4.69, 9.17) is 0 Å². The monoisotopic (exact) mass is 269 g/mol. The van der Waals surface area contributed by atoms with Crippen LogP contribution >= 0.6 is 0 Å². The van der Waals surface area contributed by atoms with Crippen molar-refractivity contribution in [2.45, 2.75) is 53.0 Å². The molecule has 3 nitrogen and oxygen atoms in total. The van der Waals surface area contributed by atoms with Gasteiger partial charge in [-0.05, 0) is 43.7 Å². The summed E-state index contributed by atoms with van der Waals surface area (Å²) in [6.45, 7) is 15.1. The minimum atomic E-state index is 0.693. The van der Waals surface area contributed by atoms with Crippen LogP contribution in [-0.2, 0) is 0 Å². The quantitative estimate of drug-likeness (QED) is 0.719. The topological polar surface area (TPSA) is 36.1 Å². The fourth-order valence-corrected chi connectivity index (χ4v) is 2.76. The Kier molecular flexibility index (Phi) is 8.67. The van der Waals surface area contributed by atoms with E-state index in [1.54, 1.807) is 0 Å². The number of hydrogen-bond donors (Lipinski definition) is 3. The first-order valence-electron chi connectivity index (χ1n) is 8.26. The van der Waals surface area contributed by atoms with Crippen molar-refractivity contribution in [3.63, 3.8) is 0 Å². The SMILES string of the molecule is CC(C)C1CCCCNC1.CC(C)C1CNCCN1. The molecule has 2 rings (SSSR count). The van der Waals surface area contributed by atoms with Crippen molar-refractivity contribution >= 4 is 0 Å². The third-order valence-corrected chi connectivity index (χ3v) is 4.41. The van der Waals surface area contributed by atoms with Gasteiger partial charge < -0.3 is 16.0 Å². The zero-order valence-corrected chi connectivity index (χ0v) is 13.5. The largest absolute Gasteiger partial charge is 0.316 e. The number of rotatable bonds is 2. The van der Waals surface area contributed by atoms with E-state index in [2.05, 4.69) is 43.6 Å². The van der Waals surface area contributed by atoms with Gasteiger partial charge in [0, 0.05) is 25.7 Å². The summed E-state index contributed by atoms with van der Waals surface area (Å²) in [4.78, 5) is 0. The molecule has 0 aromatic heterocycles. The average molecular weight is 269 g/mol. The minimum Gasteiger partial charge on any atom is -0.316 e. The van der Waals surface area contributed by atoms with Crippen LogP contribution in [0.25, 0.3) is 0 Å². The summed E-state index contributed by atoms with van der Waals surface area (Å²) < 4.78 is 0. The van der Waals surface area contributed by atoms with Crippen molar-refractivity contribution in [3.8, 4) is 0 Å². The standard InChI is InChI=1S/C9H19N.C7H16N2/c1-8(2)9-5-3-4-6-10-7-9;1-6(2)7-5-8-3-4-9-7/h8-10H,3-7H2,1-2H3;6-9H,3-5H2,1-2H3. The average Bonchev–Trinajstić information content (AvgIpc) is 2.69. The van der Waals surface area contributed by atoms with Gasteiger partial charge in [-0.1, -0.05) is 34.1 Å². The molecule has 2 aliphatic heterocycles. The van der Waals surface area contributed by atoms with Crippen molar-refractivity contribution in [1.29, 1.82) is 0 Å². The Hall–Kier alpha value is -0.120. The summed E-state index contributed by atoms with van der Waals surface area (Å²) in [5.74, 6) is 2.56. The highest BCUT2D eigenvalue weighted by Crippen LogP contribution is 2.18. The lowest BCUT2D eigenvalue weighted by atomic mass is 9.92. The predicted molar refractivity (Wildman–Crippen MR) is 84.5 cm³/mol. The zero-order chi connectivity index (χ0) is 14.1. The molecule has 0 saturated carbocycles. The van der Waals surface area contributed by atoms with Crippen molar-refractivity contribution in [2.75, 3.05) is 32.7 Å². The molecule has 2 fully saturated rings. The van der Waals surface area contributed by atoms with E-state index in [9.17, 15) is 0 Å². The lowest BCUT2D eigenvalue weighted by Gasteiger charge is -2.27. The lowest BCUT2D eigenvalue weighted by Crippen LogP contribution is -2.50. The molecule has 3 heteroatoms.